The molecule has 0 bridgehead atoms. The predicted molar refractivity (Wildman–Crippen MR) is 115 cm³/mol. The van der Waals surface area contributed by atoms with Gasteiger partial charge in [-0.25, -0.2) is 0 Å². The highest BCUT2D eigenvalue weighted by atomic mass is 32.1. The molecule has 6 nitrogen and oxygen atoms in total. The van der Waals surface area contributed by atoms with Crippen molar-refractivity contribution in [3.05, 3.63) is 40.3 Å². The van der Waals surface area contributed by atoms with Gasteiger partial charge in [0.1, 0.15) is 16.8 Å². The van der Waals surface area contributed by atoms with Crippen LogP contribution in [0.1, 0.15) is 35.3 Å². The van der Waals surface area contributed by atoms with E-state index >= 15 is 0 Å². The molecule has 4 rings (SSSR count). The number of phenolic OH excluding ortho intramolecular Hbond substituents is 1. The summed E-state index contributed by atoms with van der Waals surface area (Å²) in [6.07, 6.45) is 4.76. The highest BCUT2D eigenvalue weighted by Gasteiger charge is 2.23. The van der Waals surface area contributed by atoms with E-state index in [1.54, 1.807) is 23.5 Å². The molecule has 0 radical (unpaired) electrons. The van der Waals surface area contributed by atoms with E-state index in [-0.39, 0.29) is 11.7 Å². The number of carbonyl (C=O) groups is 1. The number of nitriles is 1. The van der Waals surface area contributed by atoms with E-state index in [0.29, 0.717) is 12.0 Å². The summed E-state index contributed by atoms with van der Waals surface area (Å²) in [6, 6.07) is 9.64. The van der Waals surface area contributed by atoms with Gasteiger partial charge in [0.05, 0.1) is 44.7 Å². The summed E-state index contributed by atoms with van der Waals surface area (Å²) < 4.78 is 0. The second-order valence-electron chi connectivity index (χ2n) is 7.83. The largest absolute Gasteiger partial charge is 0.508 e. The average Bonchev–Trinajstić information content (AvgIpc) is 3.10. The van der Waals surface area contributed by atoms with Crippen LogP contribution in [0.3, 0.4) is 0 Å². The van der Waals surface area contributed by atoms with Gasteiger partial charge in [-0.2, -0.15) is 5.26 Å². The highest BCUT2D eigenvalue weighted by molar-refractivity contribution is 7.16. The Labute approximate surface area is 175 Å². The molecule has 1 fully saturated rings. The van der Waals surface area contributed by atoms with Gasteiger partial charge in [-0.15, -0.1) is 11.3 Å². The van der Waals surface area contributed by atoms with Crippen molar-refractivity contribution in [3.63, 3.8) is 0 Å². The molecule has 0 atom stereocenters. The number of benzene rings is 1. The second kappa shape index (κ2) is 8.85. The monoisotopic (exact) mass is 411 g/mol. The van der Waals surface area contributed by atoms with Crippen LogP contribution in [0.5, 0.6) is 5.75 Å². The zero-order valence-corrected chi connectivity index (χ0v) is 17.4. The van der Waals surface area contributed by atoms with Crippen LogP contribution in [0.15, 0.2) is 24.3 Å². The summed E-state index contributed by atoms with van der Waals surface area (Å²) in [4.78, 5) is 17.5. The van der Waals surface area contributed by atoms with Crippen LogP contribution in [-0.4, -0.2) is 43.7 Å². The third-order valence-corrected chi connectivity index (χ3v) is 7.13. The summed E-state index contributed by atoms with van der Waals surface area (Å²) in [5.41, 5.74) is 2.98. The number of fused-ring (bicyclic) bond motifs is 1. The molecular weight excluding hydrogens is 384 g/mol. The van der Waals surface area contributed by atoms with E-state index in [1.807, 2.05) is 12.1 Å². The number of nitrogens with zero attached hydrogens (tertiary/aromatic N) is 2. The van der Waals surface area contributed by atoms with Crippen LogP contribution >= 0.6 is 11.3 Å². The molecule has 1 amide bonds. The lowest BCUT2D eigenvalue weighted by atomic mass is 9.96. The number of anilines is 2. The molecule has 0 unspecified atom stereocenters. The Bertz CT molecular complexity index is 908. The van der Waals surface area contributed by atoms with Gasteiger partial charge in [-0.3, -0.25) is 4.79 Å². The molecular formula is C22H27N4O2S+. The lowest BCUT2D eigenvalue weighted by molar-refractivity contribution is -0.900. The molecule has 1 aromatic carbocycles. The molecule has 2 heterocycles. The third-order valence-electron chi connectivity index (χ3n) is 5.93. The van der Waals surface area contributed by atoms with Crippen LogP contribution in [-0.2, 0) is 17.6 Å². The molecule has 0 saturated carbocycles. The number of aromatic hydroxyl groups is 1. The fraction of sp³-hybridized carbons (Fsp3) is 0.455. The van der Waals surface area contributed by atoms with Gasteiger partial charge in [0.2, 0.25) is 5.91 Å². The van der Waals surface area contributed by atoms with E-state index in [9.17, 15) is 15.2 Å². The van der Waals surface area contributed by atoms with Gasteiger partial charge in [-0.05, 0) is 55.5 Å². The van der Waals surface area contributed by atoms with Crippen molar-refractivity contribution in [1.29, 1.82) is 5.26 Å². The van der Waals surface area contributed by atoms with Gasteiger partial charge < -0.3 is 20.2 Å². The van der Waals surface area contributed by atoms with Crippen LogP contribution in [0, 0.1) is 11.3 Å². The summed E-state index contributed by atoms with van der Waals surface area (Å²) in [7, 11) is 0. The number of rotatable bonds is 5. The number of thiophene rings is 1. The van der Waals surface area contributed by atoms with Crippen LogP contribution in [0.2, 0.25) is 0 Å². The molecule has 1 aliphatic carbocycles. The topological polar surface area (TPSA) is 80.8 Å². The van der Waals surface area contributed by atoms with E-state index in [1.165, 1.54) is 16.2 Å². The lowest BCUT2D eigenvalue weighted by Crippen LogP contribution is -3.15. The first-order valence-corrected chi connectivity index (χ1v) is 11.2. The van der Waals surface area contributed by atoms with Gasteiger partial charge in [0, 0.05) is 10.6 Å². The standard InChI is InChI=1S/C22H26N4O2S/c23-15-19-18-3-1-2-4-20(18)29-22(19)24-21(28)9-10-25-11-13-26(14-12-25)16-5-7-17(27)8-6-16/h5-8,27H,1-4,9-14H2,(H,24,28)/p+1. The van der Waals surface area contributed by atoms with E-state index in [2.05, 4.69) is 16.3 Å². The van der Waals surface area contributed by atoms with E-state index in [0.717, 1.165) is 68.2 Å². The molecule has 1 saturated heterocycles. The number of quaternary nitrogens is 1. The number of hydrogen-bond acceptors (Lipinski definition) is 5. The van der Waals surface area contributed by atoms with Gasteiger partial charge in [0.15, 0.2) is 0 Å². The maximum absolute atomic E-state index is 12.5. The molecule has 0 spiro atoms. The minimum Gasteiger partial charge on any atom is -0.508 e. The van der Waals surface area contributed by atoms with Crippen molar-refractivity contribution in [2.75, 3.05) is 42.9 Å². The van der Waals surface area contributed by atoms with Crippen LogP contribution in [0.25, 0.3) is 0 Å². The Morgan fingerprint density at radius 2 is 1.93 bits per heavy atom. The molecule has 3 N–H and O–H groups in total. The predicted octanol–water partition coefficient (Wildman–Crippen LogP) is 1.94. The smallest absolute Gasteiger partial charge is 0.230 e. The molecule has 7 heteroatoms. The van der Waals surface area contributed by atoms with Crippen LogP contribution < -0.4 is 15.1 Å². The molecule has 1 aliphatic heterocycles. The van der Waals surface area contributed by atoms with Crippen molar-refractivity contribution in [2.45, 2.75) is 32.1 Å². The summed E-state index contributed by atoms with van der Waals surface area (Å²) >= 11 is 1.59. The van der Waals surface area contributed by atoms with Crippen molar-refractivity contribution >= 4 is 27.9 Å². The first-order chi connectivity index (χ1) is 14.1. The second-order valence-corrected chi connectivity index (χ2v) is 8.93. The maximum atomic E-state index is 12.5. The summed E-state index contributed by atoms with van der Waals surface area (Å²) in [5, 5.41) is 22.7. The SMILES string of the molecule is N#Cc1c(NC(=O)CC[NH+]2CCN(c3ccc(O)cc3)CC2)sc2c1CCCC2. The number of amides is 1. The van der Waals surface area contributed by atoms with Crippen LogP contribution in [0.4, 0.5) is 10.7 Å². The summed E-state index contributed by atoms with van der Waals surface area (Å²) in [6.45, 7) is 4.67. The van der Waals surface area contributed by atoms with Crippen molar-refractivity contribution in [1.82, 2.24) is 0 Å². The van der Waals surface area contributed by atoms with Gasteiger partial charge >= 0.3 is 0 Å². The highest BCUT2D eigenvalue weighted by Crippen LogP contribution is 2.37. The minimum atomic E-state index is 0.00793. The third kappa shape index (κ3) is 4.55. The normalized spacial score (nSPS) is 16.9. The number of phenols is 1. The lowest BCUT2D eigenvalue weighted by Gasteiger charge is -2.33. The first kappa shape index (κ1) is 19.7. The molecule has 152 valence electrons. The molecule has 2 aromatic rings. The molecule has 29 heavy (non-hydrogen) atoms. The fourth-order valence-corrected chi connectivity index (χ4v) is 5.50. The molecule has 1 aromatic heterocycles. The van der Waals surface area contributed by atoms with Gasteiger partial charge in [0.25, 0.3) is 0 Å². The summed E-state index contributed by atoms with van der Waals surface area (Å²) in [5.74, 6) is 0.295. The number of carbonyl (C=O) groups excluding carboxylic acids is 1. The van der Waals surface area contributed by atoms with Gasteiger partial charge in [-0.1, -0.05) is 0 Å². The number of hydrogen-bond donors (Lipinski definition) is 3. The first-order valence-electron chi connectivity index (χ1n) is 10.4. The van der Waals surface area contributed by atoms with E-state index in [4.69, 9.17) is 0 Å². The fourth-order valence-electron chi connectivity index (χ4n) is 4.25. The van der Waals surface area contributed by atoms with Crippen molar-refractivity contribution in [2.24, 2.45) is 0 Å². The Morgan fingerprint density at radius 3 is 2.66 bits per heavy atom. The zero-order chi connectivity index (χ0) is 20.2. The Morgan fingerprint density at radius 1 is 1.21 bits per heavy atom. The minimum absolute atomic E-state index is 0.00793. The number of piperazine rings is 1. The molecule has 2 aliphatic rings. The Balaban J connectivity index is 1.26. The zero-order valence-electron chi connectivity index (χ0n) is 16.5. The average molecular weight is 412 g/mol. The number of aryl methyl sites for hydroxylation is 1. The number of nitrogens with one attached hydrogen (secondary N) is 2. The van der Waals surface area contributed by atoms with Crippen molar-refractivity contribution in [3.8, 4) is 11.8 Å². The Kier molecular flexibility index (Phi) is 6.02. The quantitative estimate of drug-likeness (QED) is 0.702. The Hall–Kier alpha value is -2.56. The van der Waals surface area contributed by atoms with E-state index < -0.39 is 0 Å². The maximum Gasteiger partial charge on any atom is 0.230 e. The van der Waals surface area contributed by atoms with Crippen molar-refractivity contribution < 1.29 is 14.8 Å².